The number of hydrogen-bond acceptors (Lipinski definition) is 7. The molecule has 2 aliphatic rings. The Bertz CT molecular complexity index is 954. The summed E-state index contributed by atoms with van der Waals surface area (Å²) >= 11 is 0. The maximum absolute atomic E-state index is 12.5. The summed E-state index contributed by atoms with van der Waals surface area (Å²) in [6.45, 7) is 0.668. The maximum atomic E-state index is 12.5. The minimum Gasteiger partial charge on any atom is -0.487 e. The van der Waals surface area contributed by atoms with E-state index < -0.39 is 6.10 Å². The molecule has 0 radical (unpaired) electrons. The van der Waals surface area contributed by atoms with Gasteiger partial charge < -0.3 is 30.0 Å². The predicted molar refractivity (Wildman–Crippen MR) is 116 cm³/mol. The standard InChI is InChI=1S/C23H27N3O6/c1-30-8-7-25-21(28)11-16-10-18-17-9-15(26-23(29)14-3-2-6-24-12-14)4-5-19(17)32-22(18)20(13-27)31-16/h2-6,9,12,16,18,20,22,27H,7-8,10-11,13H2,1H3,(H,25,28)(H,26,29)/t16-,18-,20+,22+/m0/s1. The number of aliphatic hydroxyl groups excluding tert-OH is 1. The summed E-state index contributed by atoms with van der Waals surface area (Å²) in [7, 11) is 1.58. The van der Waals surface area contributed by atoms with E-state index >= 15 is 0 Å². The molecule has 1 saturated heterocycles. The number of carbonyl (C=O) groups is 2. The highest BCUT2D eigenvalue weighted by Gasteiger charge is 2.46. The lowest BCUT2D eigenvalue weighted by Crippen LogP contribution is -2.47. The monoisotopic (exact) mass is 441 g/mol. The number of aliphatic hydroxyl groups is 1. The number of amides is 2. The molecule has 2 amide bonds. The topological polar surface area (TPSA) is 119 Å². The van der Waals surface area contributed by atoms with Gasteiger partial charge in [0.25, 0.3) is 5.91 Å². The molecule has 0 saturated carbocycles. The van der Waals surface area contributed by atoms with Crippen LogP contribution in [0.5, 0.6) is 5.75 Å². The van der Waals surface area contributed by atoms with Crippen molar-refractivity contribution >= 4 is 17.5 Å². The highest BCUT2D eigenvalue weighted by molar-refractivity contribution is 6.04. The number of nitrogens with one attached hydrogen (secondary N) is 2. The lowest BCUT2D eigenvalue weighted by atomic mass is 9.84. The summed E-state index contributed by atoms with van der Waals surface area (Å²) in [5.74, 6) is 0.271. The molecule has 1 fully saturated rings. The highest BCUT2D eigenvalue weighted by Crippen LogP contribution is 2.47. The normalized spacial score (nSPS) is 23.6. The van der Waals surface area contributed by atoms with E-state index in [2.05, 4.69) is 15.6 Å². The molecule has 4 atom stereocenters. The van der Waals surface area contributed by atoms with E-state index in [1.165, 1.54) is 6.20 Å². The van der Waals surface area contributed by atoms with Crippen molar-refractivity contribution in [2.45, 2.75) is 37.1 Å². The van der Waals surface area contributed by atoms with Gasteiger partial charge in [0.2, 0.25) is 5.91 Å². The maximum Gasteiger partial charge on any atom is 0.257 e. The number of ether oxygens (including phenoxy) is 3. The van der Waals surface area contributed by atoms with Gasteiger partial charge in [0, 0.05) is 43.2 Å². The SMILES string of the molecule is COCCNC(=O)C[C@@H]1C[C@H]2c3cc(NC(=O)c4cccnc4)ccc3O[C@H]2[C@@H](CO)O1. The molecule has 2 aromatic rings. The molecule has 0 bridgehead atoms. The van der Waals surface area contributed by atoms with Crippen molar-refractivity contribution in [2.24, 2.45) is 0 Å². The summed E-state index contributed by atoms with van der Waals surface area (Å²) in [6, 6.07) is 8.89. The zero-order valence-electron chi connectivity index (χ0n) is 17.8. The van der Waals surface area contributed by atoms with Crippen LogP contribution in [0.4, 0.5) is 5.69 Å². The minimum atomic E-state index is -0.536. The molecule has 4 rings (SSSR count). The summed E-state index contributed by atoms with van der Waals surface area (Å²) in [4.78, 5) is 28.7. The highest BCUT2D eigenvalue weighted by atomic mass is 16.6. The second-order valence-corrected chi connectivity index (χ2v) is 7.90. The van der Waals surface area contributed by atoms with Gasteiger partial charge in [-0.1, -0.05) is 0 Å². The Morgan fingerprint density at radius 2 is 2.19 bits per heavy atom. The number of rotatable bonds is 8. The van der Waals surface area contributed by atoms with Crippen LogP contribution in [0.2, 0.25) is 0 Å². The predicted octanol–water partition coefficient (Wildman–Crippen LogP) is 1.48. The molecular weight excluding hydrogens is 414 g/mol. The van der Waals surface area contributed by atoms with Crippen LogP contribution in [0.15, 0.2) is 42.7 Å². The summed E-state index contributed by atoms with van der Waals surface area (Å²) in [6.07, 6.45) is 2.66. The van der Waals surface area contributed by atoms with Crippen LogP contribution in [-0.4, -0.2) is 67.1 Å². The molecule has 3 N–H and O–H groups in total. The number of hydrogen-bond donors (Lipinski definition) is 3. The molecule has 170 valence electrons. The number of fused-ring (bicyclic) bond motifs is 3. The third-order valence-electron chi connectivity index (χ3n) is 5.72. The minimum absolute atomic E-state index is 0.0529. The van der Waals surface area contributed by atoms with Crippen LogP contribution in [0.1, 0.15) is 34.7 Å². The third-order valence-corrected chi connectivity index (χ3v) is 5.72. The first-order chi connectivity index (χ1) is 15.6. The van der Waals surface area contributed by atoms with Gasteiger partial charge in [0.05, 0.1) is 31.3 Å². The van der Waals surface area contributed by atoms with E-state index in [1.54, 1.807) is 31.5 Å². The van der Waals surface area contributed by atoms with E-state index in [1.807, 2.05) is 12.1 Å². The van der Waals surface area contributed by atoms with Gasteiger partial charge in [-0.2, -0.15) is 0 Å². The van der Waals surface area contributed by atoms with Crippen molar-refractivity contribution in [3.8, 4) is 5.75 Å². The number of pyridine rings is 1. The average Bonchev–Trinajstić information content (AvgIpc) is 3.17. The van der Waals surface area contributed by atoms with E-state index in [-0.39, 0.29) is 43.0 Å². The van der Waals surface area contributed by atoms with Crippen LogP contribution in [0.25, 0.3) is 0 Å². The molecule has 0 aliphatic carbocycles. The van der Waals surface area contributed by atoms with Gasteiger partial charge in [-0.05, 0) is 36.8 Å². The van der Waals surface area contributed by atoms with Gasteiger partial charge in [-0.3, -0.25) is 14.6 Å². The Kier molecular flexibility index (Phi) is 6.99. The largest absolute Gasteiger partial charge is 0.487 e. The average molecular weight is 441 g/mol. The fraction of sp³-hybridized carbons (Fsp3) is 0.435. The van der Waals surface area contributed by atoms with E-state index in [9.17, 15) is 14.7 Å². The number of carbonyl (C=O) groups excluding carboxylic acids is 2. The van der Waals surface area contributed by atoms with Crippen molar-refractivity contribution in [2.75, 3.05) is 32.2 Å². The molecule has 3 heterocycles. The van der Waals surface area contributed by atoms with Crippen LogP contribution in [0, 0.1) is 0 Å². The van der Waals surface area contributed by atoms with Gasteiger partial charge >= 0.3 is 0 Å². The molecule has 9 heteroatoms. The summed E-state index contributed by atoms with van der Waals surface area (Å²) < 4.78 is 17.0. The number of nitrogens with zero attached hydrogens (tertiary/aromatic N) is 1. The Morgan fingerprint density at radius 3 is 2.94 bits per heavy atom. The van der Waals surface area contributed by atoms with Crippen molar-refractivity contribution in [1.82, 2.24) is 10.3 Å². The van der Waals surface area contributed by atoms with Crippen LogP contribution in [0.3, 0.4) is 0 Å². The smallest absolute Gasteiger partial charge is 0.257 e. The first-order valence-electron chi connectivity index (χ1n) is 10.6. The van der Waals surface area contributed by atoms with Crippen LogP contribution < -0.4 is 15.4 Å². The fourth-order valence-corrected chi connectivity index (χ4v) is 4.24. The number of aromatic nitrogens is 1. The molecule has 0 unspecified atom stereocenters. The first-order valence-corrected chi connectivity index (χ1v) is 10.6. The quantitative estimate of drug-likeness (QED) is 0.531. The van der Waals surface area contributed by atoms with Crippen LogP contribution >= 0.6 is 0 Å². The first kappa shape index (κ1) is 22.2. The van der Waals surface area contributed by atoms with E-state index in [0.29, 0.717) is 36.6 Å². The second-order valence-electron chi connectivity index (χ2n) is 7.90. The molecule has 1 aromatic carbocycles. The van der Waals surface area contributed by atoms with Crippen molar-refractivity contribution in [3.63, 3.8) is 0 Å². The molecule has 9 nitrogen and oxygen atoms in total. The van der Waals surface area contributed by atoms with E-state index in [0.717, 1.165) is 5.56 Å². The van der Waals surface area contributed by atoms with Gasteiger partial charge in [-0.15, -0.1) is 0 Å². The number of anilines is 1. The molecule has 32 heavy (non-hydrogen) atoms. The Balaban J connectivity index is 1.47. The van der Waals surface area contributed by atoms with Crippen LogP contribution in [-0.2, 0) is 14.3 Å². The zero-order chi connectivity index (χ0) is 22.5. The molecular formula is C23H27N3O6. The molecule has 0 spiro atoms. The summed E-state index contributed by atoms with van der Waals surface area (Å²) in [5.41, 5.74) is 2.04. The number of methoxy groups -OCH3 is 1. The van der Waals surface area contributed by atoms with E-state index in [4.69, 9.17) is 14.2 Å². The third kappa shape index (κ3) is 4.90. The van der Waals surface area contributed by atoms with Crippen molar-refractivity contribution in [1.29, 1.82) is 0 Å². The Hall–Kier alpha value is -3.01. The van der Waals surface area contributed by atoms with Gasteiger partial charge in [-0.25, -0.2) is 0 Å². The lowest BCUT2D eigenvalue weighted by molar-refractivity contribution is -0.142. The fourth-order valence-electron chi connectivity index (χ4n) is 4.24. The van der Waals surface area contributed by atoms with Gasteiger partial charge in [0.1, 0.15) is 18.0 Å². The second kappa shape index (κ2) is 10.1. The zero-order valence-corrected chi connectivity index (χ0v) is 17.8. The van der Waals surface area contributed by atoms with Gasteiger partial charge in [0.15, 0.2) is 0 Å². The number of benzene rings is 1. The Morgan fingerprint density at radius 1 is 1.31 bits per heavy atom. The molecule has 1 aromatic heterocycles. The molecule has 2 aliphatic heterocycles. The van der Waals surface area contributed by atoms with Crippen molar-refractivity contribution in [3.05, 3.63) is 53.9 Å². The lowest BCUT2D eigenvalue weighted by Gasteiger charge is -2.37. The Labute approximate surface area is 186 Å². The van der Waals surface area contributed by atoms with Crippen molar-refractivity contribution < 1.29 is 28.9 Å². The summed E-state index contributed by atoms with van der Waals surface area (Å²) in [5, 5.41) is 15.5.